The van der Waals surface area contributed by atoms with Gasteiger partial charge in [-0.3, -0.25) is 0 Å². The van der Waals surface area contributed by atoms with E-state index in [-0.39, 0.29) is 25.3 Å². The summed E-state index contributed by atoms with van der Waals surface area (Å²) >= 11 is 0. The second-order valence-corrected chi connectivity index (χ2v) is 1.30. The van der Waals surface area contributed by atoms with Crippen molar-refractivity contribution in [2.75, 3.05) is 0 Å². The molecule has 1 aromatic rings. The maximum atomic E-state index is 11.9. The molecule has 0 aliphatic rings. The Hall–Kier alpha value is -0.227. The van der Waals surface area contributed by atoms with Gasteiger partial charge >= 0.3 is 0 Å². The van der Waals surface area contributed by atoms with Gasteiger partial charge in [0.25, 0.3) is 0 Å². The fourth-order valence-corrected chi connectivity index (χ4v) is 0.415. The second-order valence-electron chi connectivity index (χ2n) is 1.30. The van der Waals surface area contributed by atoms with Crippen LogP contribution in [0.15, 0.2) is 30.3 Å². The Bertz CT molecular complexity index is 138. The fourth-order valence-electron chi connectivity index (χ4n) is 0.415. The van der Waals surface area contributed by atoms with E-state index in [2.05, 4.69) is 0 Å². The van der Waals surface area contributed by atoms with Crippen LogP contribution in [0.3, 0.4) is 0 Å². The van der Waals surface area contributed by atoms with Gasteiger partial charge < -0.3 is 0 Å². The first-order valence-corrected chi connectivity index (χ1v) is 2.10. The van der Waals surface area contributed by atoms with Crippen LogP contribution in [0, 0.1) is 5.82 Å². The molecule has 0 aliphatic carbocycles. The topological polar surface area (TPSA) is 0 Å². The van der Waals surface area contributed by atoms with Crippen LogP contribution in [0.5, 0.6) is 0 Å². The molecule has 2 heteroatoms. The monoisotopic (exact) mass is 160 g/mol. The summed E-state index contributed by atoms with van der Waals surface area (Å²) in [6, 6.07) is 7.94. The van der Waals surface area contributed by atoms with Gasteiger partial charge in [0.1, 0.15) is 5.82 Å². The zero-order valence-electron chi connectivity index (χ0n) is 4.47. The minimum absolute atomic E-state index is 0. The molecular weight excluding hydrogens is 156 g/mol. The van der Waals surface area contributed by atoms with E-state index >= 15 is 0 Å². The van der Waals surface area contributed by atoms with E-state index in [0.717, 1.165) is 0 Å². The van der Waals surface area contributed by atoms with Crippen molar-refractivity contribution in [3.05, 3.63) is 36.1 Å². The van der Waals surface area contributed by atoms with E-state index in [1.807, 2.05) is 0 Å². The van der Waals surface area contributed by atoms with Crippen molar-refractivity contribution in [3.63, 3.8) is 0 Å². The van der Waals surface area contributed by atoms with Gasteiger partial charge in [-0.05, 0) is 12.1 Å². The Morgan fingerprint density at radius 2 is 1.50 bits per heavy atom. The van der Waals surface area contributed by atoms with Crippen molar-refractivity contribution >= 4 is 0 Å². The SMILES string of the molecule is Fc1ccccc1.[Zn]. The van der Waals surface area contributed by atoms with E-state index < -0.39 is 0 Å². The van der Waals surface area contributed by atoms with Crippen LogP contribution in [0.2, 0.25) is 0 Å². The molecule has 0 atom stereocenters. The van der Waals surface area contributed by atoms with Gasteiger partial charge in [-0.15, -0.1) is 0 Å². The molecule has 0 spiro atoms. The summed E-state index contributed by atoms with van der Waals surface area (Å²) in [4.78, 5) is 0. The molecule has 0 saturated carbocycles. The Morgan fingerprint density at radius 3 is 1.75 bits per heavy atom. The maximum Gasteiger partial charge on any atom is 0.123 e. The molecule has 0 radical (unpaired) electrons. The summed E-state index contributed by atoms with van der Waals surface area (Å²) in [5, 5.41) is 0. The average Bonchev–Trinajstić information content (AvgIpc) is 1.69. The summed E-state index contributed by atoms with van der Waals surface area (Å²) in [6.45, 7) is 0. The zero-order valence-corrected chi connectivity index (χ0v) is 7.44. The third-order valence-electron chi connectivity index (χ3n) is 0.733. The molecule has 1 aromatic carbocycles. The van der Waals surface area contributed by atoms with Gasteiger partial charge in [-0.1, -0.05) is 18.2 Å². The largest absolute Gasteiger partial charge is 0.207 e. The first kappa shape index (κ1) is 7.77. The molecule has 0 fully saturated rings. The molecule has 1 rings (SSSR count). The summed E-state index contributed by atoms with van der Waals surface area (Å²) in [7, 11) is 0. The summed E-state index contributed by atoms with van der Waals surface area (Å²) in [5.41, 5.74) is 0. The van der Waals surface area contributed by atoms with Crippen molar-refractivity contribution in [1.82, 2.24) is 0 Å². The van der Waals surface area contributed by atoms with Crippen LogP contribution >= 0.6 is 0 Å². The Kier molecular flexibility index (Phi) is 3.63. The first-order valence-electron chi connectivity index (χ1n) is 2.10. The van der Waals surface area contributed by atoms with E-state index in [1.54, 1.807) is 18.2 Å². The third kappa shape index (κ3) is 2.18. The standard InChI is InChI=1S/C6H5F.Zn/c7-6-4-2-1-3-5-6;/h1-5H;. The maximum absolute atomic E-state index is 11.9. The molecule has 0 heterocycles. The first-order chi connectivity index (χ1) is 3.39. The second kappa shape index (κ2) is 3.74. The number of halogens is 1. The quantitative estimate of drug-likeness (QED) is 0.509. The van der Waals surface area contributed by atoms with Gasteiger partial charge in [-0.2, -0.15) is 0 Å². The normalized spacial score (nSPS) is 7.62. The number of hydrogen-bond donors (Lipinski definition) is 0. The van der Waals surface area contributed by atoms with Crippen molar-refractivity contribution in [2.45, 2.75) is 0 Å². The van der Waals surface area contributed by atoms with Gasteiger partial charge in [0, 0.05) is 19.5 Å². The van der Waals surface area contributed by atoms with E-state index in [1.165, 1.54) is 12.1 Å². The molecular formula is C6H5FZn. The Labute approximate surface area is 60.5 Å². The van der Waals surface area contributed by atoms with E-state index in [0.29, 0.717) is 0 Å². The minimum atomic E-state index is -0.178. The van der Waals surface area contributed by atoms with Gasteiger partial charge in [0.2, 0.25) is 0 Å². The molecule has 0 amide bonds. The average molecular weight is 161 g/mol. The van der Waals surface area contributed by atoms with Crippen molar-refractivity contribution in [2.24, 2.45) is 0 Å². The van der Waals surface area contributed by atoms with Crippen LogP contribution in [-0.4, -0.2) is 0 Å². The van der Waals surface area contributed by atoms with Gasteiger partial charge in [0.05, 0.1) is 0 Å². The van der Waals surface area contributed by atoms with Gasteiger partial charge in [-0.25, -0.2) is 4.39 Å². The molecule has 0 unspecified atom stereocenters. The smallest absolute Gasteiger partial charge is 0.123 e. The van der Waals surface area contributed by atoms with Crippen molar-refractivity contribution < 1.29 is 23.9 Å². The molecule has 0 saturated heterocycles. The van der Waals surface area contributed by atoms with E-state index in [9.17, 15) is 4.39 Å². The third-order valence-corrected chi connectivity index (χ3v) is 0.733. The molecule has 38 valence electrons. The van der Waals surface area contributed by atoms with Gasteiger partial charge in [0.15, 0.2) is 0 Å². The molecule has 0 bridgehead atoms. The molecule has 0 N–H and O–H groups in total. The summed E-state index contributed by atoms with van der Waals surface area (Å²) < 4.78 is 11.9. The zero-order chi connectivity index (χ0) is 5.11. The molecule has 0 aromatic heterocycles. The number of benzene rings is 1. The molecule has 0 aliphatic heterocycles. The van der Waals surface area contributed by atoms with E-state index in [4.69, 9.17) is 0 Å². The number of hydrogen-bond acceptors (Lipinski definition) is 0. The molecule has 8 heavy (non-hydrogen) atoms. The predicted molar refractivity (Wildman–Crippen MR) is 26.4 cm³/mol. The van der Waals surface area contributed by atoms with Crippen LogP contribution in [0.1, 0.15) is 0 Å². The number of rotatable bonds is 0. The summed E-state index contributed by atoms with van der Waals surface area (Å²) in [5.74, 6) is -0.178. The Morgan fingerprint density at radius 1 is 1.00 bits per heavy atom. The van der Waals surface area contributed by atoms with Crippen LogP contribution in [-0.2, 0) is 19.5 Å². The fraction of sp³-hybridized carbons (Fsp3) is 0. The minimum Gasteiger partial charge on any atom is -0.207 e. The van der Waals surface area contributed by atoms with Crippen LogP contribution < -0.4 is 0 Å². The van der Waals surface area contributed by atoms with Crippen molar-refractivity contribution in [3.8, 4) is 0 Å². The van der Waals surface area contributed by atoms with Crippen molar-refractivity contribution in [1.29, 1.82) is 0 Å². The van der Waals surface area contributed by atoms with Crippen LogP contribution in [0.25, 0.3) is 0 Å². The molecule has 0 nitrogen and oxygen atoms in total. The predicted octanol–water partition coefficient (Wildman–Crippen LogP) is 1.82. The Balaban J connectivity index is 0.000000490. The van der Waals surface area contributed by atoms with Crippen LogP contribution in [0.4, 0.5) is 4.39 Å². The summed E-state index contributed by atoms with van der Waals surface area (Å²) in [6.07, 6.45) is 0.